The van der Waals surface area contributed by atoms with Crippen molar-refractivity contribution >= 4 is 0 Å². The van der Waals surface area contributed by atoms with E-state index in [-0.39, 0.29) is 0 Å². The summed E-state index contributed by atoms with van der Waals surface area (Å²) in [6, 6.07) is 1.02. The third-order valence-corrected chi connectivity index (χ3v) is 3.66. The monoisotopic (exact) mass is 236 g/mol. The van der Waals surface area contributed by atoms with E-state index in [4.69, 9.17) is 0 Å². The first-order valence-electron chi connectivity index (χ1n) is 6.66. The highest BCUT2D eigenvalue weighted by molar-refractivity contribution is 5.09. The number of nitrogens with one attached hydrogen (secondary N) is 1. The van der Waals surface area contributed by atoms with Gasteiger partial charge in [0.2, 0.25) is 0 Å². The molecule has 4 heteroatoms. The lowest BCUT2D eigenvalue weighted by atomic mass is 10.0. The summed E-state index contributed by atoms with van der Waals surface area (Å²) in [7, 11) is 1.97. The van der Waals surface area contributed by atoms with E-state index in [0.717, 1.165) is 0 Å². The summed E-state index contributed by atoms with van der Waals surface area (Å²) >= 11 is 0. The maximum Gasteiger partial charge on any atom is 0.0537 e. The molecule has 0 aliphatic carbocycles. The molecule has 1 saturated heterocycles. The summed E-state index contributed by atoms with van der Waals surface area (Å²) < 4.78 is 1.87. The van der Waals surface area contributed by atoms with Gasteiger partial charge in [0.15, 0.2) is 0 Å². The molecule has 1 fully saturated rings. The topological polar surface area (TPSA) is 33.1 Å². The molecule has 1 aromatic rings. The van der Waals surface area contributed by atoms with E-state index in [1.807, 2.05) is 17.9 Å². The lowest BCUT2D eigenvalue weighted by Gasteiger charge is -2.33. The average molecular weight is 236 g/mol. The van der Waals surface area contributed by atoms with Crippen LogP contribution in [0.1, 0.15) is 38.3 Å². The molecule has 2 rings (SSSR count). The molecule has 1 aliphatic heterocycles. The highest BCUT2D eigenvalue weighted by Gasteiger charge is 2.20. The summed E-state index contributed by atoms with van der Waals surface area (Å²) in [5.74, 6) is 0. The zero-order valence-corrected chi connectivity index (χ0v) is 11.2. The molecule has 0 radical (unpaired) electrons. The minimum Gasteiger partial charge on any atom is -0.306 e. The van der Waals surface area contributed by atoms with Gasteiger partial charge in [0.1, 0.15) is 0 Å². The van der Waals surface area contributed by atoms with E-state index >= 15 is 0 Å². The lowest BCUT2D eigenvalue weighted by molar-refractivity contribution is 0.192. The molecule has 4 nitrogen and oxygen atoms in total. The quantitative estimate of drug-likeness (QED) is 0.861. The fourth-order valence-corrected chi connectivity index (χ4v) is 2.59. The Morgan fingerprint density at radius 2 is 2.41 bits per heavy atom. The normalized spacial score (nSPS) is 23.8. The Labute approximate surface area is 104 Å². The van der Waals surface area contributed by atoms with E-state index in [9.17, 15) is 0 Å². The van der Waals surface area contributed by atoms with Crippen LogP contribution in [0.15, 0.2) is 12.4 Å². The van der Waals surface area contributed by atoms with Crippen LogP contribution in [0.4, 0.5) is 0 Å². The first kappa shape index (κ1) is 12.6. The van der Waals surface area contributed by atoms with Gasteiger partial charge < -0.3 is 10.2 Å². The van der Waals surface area contributed by atoms with Gasteiger partial charge in [0.25, 0.3) is 0 Å². The summed E-state index contributed by atoms with van der Waals surface area (Å²) in [4.78, 5) is 2.52. The summed E-state index contributed by atoms with van der Waals surface area (Å²) in [6.07, 6.45) is 6.66. The van der Waals surface area contributed by atoms with Gasteiger partial charge in [-0.05, 0) is 32.9 Å². The first-order valence-corrected chi connectivity index (χ1v) is 6.66. The van der Waals surface area contributed by atoms with Crippen molar-refractivity contribution in [2.45, 2.75) is 38.8 Å². The molecule has 1 aliphatic rings. The van der Waals surface area contributed by atoms with Crippen molar-refractivity contribution in [3.8, 4) is 0 Å². The van der Waals surface area contributed by atoms with Gasteiger partial charge >= 0.3 is 0 Å². The lowest BCUT2D eigenvalue weighted by Crippen LogP contribution is -2.46. The van der Waals surface area contributed by atoms with Crippen LogP contribution in [-0.2, 0) is 7.05 Å². The number of hydrogen-bond donors (Lipinski definition) is 1. The van der Waals surface area contributed by atoms with Crippen molar-refractivity contribution in [1.82, 2.24) is 20.0 Å². The van der Waals surface area contributed by atoms with Gasteiger partial charge in [-0.25, -0.2) is 0 Å². The standard InChI is InChI=1S/C13H24N4/c1-4-17-7-5-6-13(10-17)15-11(2)12-8-14-16(3)9-12/h8-9,11,13,15H,4-7,10H2,1-3H3. The number of nitrogens with zero attached hydrogens (tertiary/aromatic N) is 3. The number of piperidine rings is 1. The van der Waals surface area contributed by atoms with Crippen LogP contribution in [0.3, 0.4) is 0 Å². The van der Waals surface area contributed by atoms with Crippen LogP contribution in [0.2, 0.25) is 0 Å². The van der Waals surface area contributed by atoms with Crippen LogP contribution in [0.5, 0.6) is 0 Å². The Morgan fingerprint density at radius 1 is 1.59 bits per heavy atom. The zero-order valence-electron chi connectivity index (χ0n) is 11.2. The van der Waals surface area contributed by atoms with Gasteiger partial charge in [0.05, 0.1) is 6.20 Å². The molecule has 17 heavy (non-hydrogen) atoms. The minimum atomic E-state index is 0.394. The van der Waals surface area contributed by atoms with Gasteiger partial charge in [-0.3, -0.25) is 4.68 Å². The smallest absolute Gasteiger partial charge is 0.0537 e. The maximum absolute atomic E-state index is 4.23. The van der Waals surface area contributed by atoms with Crippen molar-refractivity contribution in [2.75, 3.05) is 19.6 Å². The summed E-state index contributed by atoms with van der Waals surface area (Å²) in [5, 5.41) is 7.95. The Morgan fingerprint density at radius 3 is 3.06 bits per heavy atom. The molecule has 0 spiro atoms. The van der Waals surface area contributed by atoms with Crippen molar-refractivity contribution in [3.05, 3.63) is 18.0 Å². The molecule has 0 bridgehead atoms. The molecule has 0 saturated carbocycles. The van der Waals surface area contributed by atoms with E-state index in [1.165, 1.54) is 38.0 Å². The van der Waals surface area contributed by atoms with Gasteiger partial charge in [0, 0.05) is 37.4 Å². The van der Waals surface area contributed by atoms with Crippen LogP contribution >= 0.6 is 0 Å². The van der Waals surface area contributed by atoms with Gasteiger partial charge in [-0.2, -0.15) is 5.10 Å². The first-order chi connectivity index (χ1) is 8.19. The van der Waals surface area contributed by atoms with E-state index < -0.39 is 0 Å². The van der Waals surface area contributed by atoms with Crippen LogP contribution in [0.25, 0.3) is 0 Å². The zero-order chi connectivity index (χ0) is 12.3. The number of aromatic nitrogens is 2. The summed E-state index contributed by atoms with van der Waals surface area (Å²) in [6.45, 7) is 8.07. The van der Waals surface area contributed by atoms with Crippen molar-refractivity contribution < 1.29 is 0 Å². The Balaban J connectivity index is 1.87. The fourth-order valence-electron chi connectivity index (χ4n) is 2.59. The van der Waals surface area contributed by atoms with E-state index in [2.05, 4.69) is 35.4 Å². The Kier molecular flexibility index (Phi) is 4.18. The second-order valence-electron chi connectivity index (χ2n) is 5.07. The molecule has 1 N–H and O–H groups in total. The van der Waals surface area contributed by atoms with E-state index in [1.54, 1.807) is 0 Å². The molecular weight excluding hydrogens is 212 g/mol. The van der Waals surface area contributed by atoms with Gasteiger partial charge in [-0.1, -0.05) is 6.92 Å². The van der Waals surface area contributed by atoms with Gasteiger partial charge in [-0.15, -0.1) is 0 Å². The third-order valence-electron chi connectivity index (χ3n) is 3.66. The number of aryl methyl sites for hydroxylation is 1. The maximum atomic E-state index is 4.23. The molecule has 2 unspecified atom stereocenters. The summed E-state index contributed by atoms with van der Waals surface area (Å²) in [5.41, 5.74) is 1.28. The minimum absolute atomic E-state index is 0.394. The Bertz CT molecular complexity index is 347. The number of likely N-dealkylation sites (N-methyl/N-ethyl adjacent to an activating group) is 1. The van der Waals surface area contributed by atoms with Crippen molar-refractivity contribution in [1.29, 1.82) is 0 Å². The van der Waals surface area contributed by atoms with Crippen LogP contribution in [-0.4, -0.2) is 40.4 Å². The Hall–Kier alpha value is -0.870. The van der Waals surface area contributed by atoms with E-state index in [0.29, 0.717) is 12.1 Å². The second-order valence-corrected chi connectivity index (χ2v) is 5.07. The predicted molar refractivity (Wildman–Crippen MR) is 69.9 cm³/mol. The molecule has 2 atom stereocenters. The molecular formula is C13H24N4. The predicted octanol–water partition coefficient (Wildman–Crippen LogP) is 1.55. The van der Waals surface area contributed by atoms with Crippen LogP contribution in [0, 0.1) is 0 Å². The molecule has 1 aromatic heterocycles. The molecule has 0 aromatic carbocycles. The number of hydrogen-bond acceptors (Lipinski definition) is 3. The van der Waals surface area contributed by atoms with Crippen LogP contribution < -0.4 is 5.32 Å². The second kappa shape index (κ2) is 5.65. The highest BCUT2D eigenvalue weighted by atomic mass is 15.2. The third kappa shape index (κ3) is 3.30. The molecule has 0 amide bonds. The van der Waals surface area contributed by atoms with Crippen molar-refractivity contribution in [3.63, 3.8) is 0 Å². The average Bonchev–Trinajstić information content (AvgIpc) is 2.76. The molecule has 96 valence electrons. The SMILES string of the molecule is CCN1CCCC(NC(C)c2cnn(C)c2)C1. The number of rotatable bonds is 4. The highest BCUT2D eigenvalue weighted by Crippen LogP contribution is 2.16. The van der Waals surface area contributed by atoms with Crippen molar-refractivity contribution in [2.24, 2.45) is 7.05 Å². The number of likely N-dealkylation sites (tertiary alicyclic amines) is 1. The molecule has 2 heterocycles. The largest absolute Gasteiger partial charge is 0.306 e. The fraction of sp³-hybridized carbons (Fsp3) is 0.769.